The number of carbonyl (C=O) groups excluding carboxylic acids is 2. The highest BCUT2D eigenvalue weighted by atomic mass is 32.2. The minimum atomic E-state index is -3.58. The first-order chi connectivity index (χ1) is 11.9. The second kappa shape index (κ2) is 8.93. The van der Waals surface area contributed by atoms with Crippen LogP contribution in [-0.2, 0) is 24.3 Å². The largest absolute Gasteiger partial charge is 0.379 e. The van der Waals surface area contributed by atoms with Crippen LogP contribution in [0.4, 0.5) is 5.69 Å². The average Bonchev–Trinajstić information content (AvgIpc) is 2.63. The molecule has 9 heteroatoms. The highest BCUT2D eigenvalue weighted by Gasteiger charge is 2.26. The molecule has 8 nitrogen and oxygen atoms in total. The summed E-state index contributed by atoms with van der Waals surface area (Å²) in [6, 6.07) is 5.75. The van der Waals surface area contributed by atoms with E-state index in [2.05, 4.69) is 10.6 Å². The van der Waals surface area contributed by atoms with Crippen LogP contribution < -0.4 is 10.6 Å². The van der Waals surface area contributed by atoms with E-state index in [4.69, 9.17) is 4.74 Å². The summed E-state index contributed by atoms with van der Waals surface area (Å²) in [4.78, 5) is 23.5. The Morgan fingerprint density at radius 2 is 1.76 bits per heavy atom. The van der Waals surface area contributed by atoms with Gasteiger partial charge in [0.15, 0.2) is 0 Å². The van der Waals surface area contributed by atoms with Crippen LogP contribution in [0, 0.1) is 0 Å². The van der Waals surface area contributed by atoms with Crippen LogP contribution >= 0.6 is 0 Å². The molecule has 0 bridgehead atoms. The highest BCUT2D eigenvalue weighted by Crippen LogP contribution is 2.19. The van der Waals surface area contributed by atoms with E-state index in [-0.39, 0.29) is 4.90 Å². The maximum Gasteiger partial charge on any atom is 0.313 e. The summed E-state index contributed by atoms with van der Waals surface area (Å²) in [6.07, 6.45) is 1.72. The number of amides is 2. The van der Waals surface area contributed by atoms with Crippen molar-refractivity contribution in [3.63, 3.8) is 0 Å². The van der Waals surface area contributed by atoms with Crippen molar-refractivity contribution in [2.24, 2.45) is 0 Å². The molecule has 1 aliphatic heterocycles. The van der Waals surface area contributed by atoms with Crippen molar-refractivity contribution in [2.75, 3.05) is 38.2 Å². The van der Waals surface area contributed by atoms with E-state index in [1.807, 2.05) is 6.92 Å². The second-order valence-electron chi connectivity index (χ2n) is 5.60. The Balaban J connectivity index is 1.97. The van der Waals surface area contributed by atoms with Gasteiger partial charge in [0.05, 0.1) is 18.1 Å². The van der Waals surface area contributed by atoms with Gasteiger partial charge in [-0.15, -0.1) is 0 Å². The molecular formula is C16H23N3O5S. The first-order valence-electron chi connectivity index (χ1n) is 8.22. The zero-order valence-corrected chi connectivity index (χ0v) is 15.0. The molecule has 25 heavy (non-hydrogen) atoms. The number of ether oxygens (including phenoxy) is 1. The van der Waals surface area contributed by atoms with Crippen molar-refractivity contribution in [1.29, 1.82) is 0 Å². The van der Waals surface area contributed by atoms with Gasteiger partial charge in [0, 0.05) is 25.3 Å². The number of rotatable bonds is 6. The molecule has 1 saturated heterocycles. The Labute approximate surface area is 147 Å². The molecule has 1 heterocycles. The number of anilines is 1. The van der Waals surface area contributed by atoms with Crippen molar-refractivity contribution in [2.45, 2.75) is 24.7 Å². The van der Waals surface area contributed by atoms with Crippen LogP contribution in [-0.4, -0.2) is 57.4 Å². The maximum atomic E-state index is 12.5. The van der Waals surface area contributed by atoms with Crippen molar-refractivity contribution < 1.29 is 22.7 Å². The number of nitrogens with one attached hydrogen (secondary N) is 2. The molecule has 1 aromatic rings. The minimum absolute atomic E-state index is 0.139. The third kappa shape index (κ3) is 5.25. The van der Waals surface area contributed by atoms with E-state index < -0.39 is 21.8 Å². The SMILES string of the molecule is CCCCNC(=O)C(=O)Nc1ccc(S(=O)(=O)N2CCOCC2)cc1. The molecule has 0 radical (unpaired) electrons. The molecule has 0 spiro atoms. The molecular weight excluding hydrogens is 346 g/mol. The molecule has 1 fully saturated rings. The number of nitrogens with zero attached hydrogens (tertiary/aromatic N) is 1. The van der Waals surface area contributed by atoms with Crippen LogP contribution in [0.5, 0.6) is 0 Å². The lowest BCUT2D eigenvalue weighted by Crippen LogP contribution is -2.40. The fraction of sp³-hybridized carbons (Fsp3) is 0.500. The van der Waals surface area contributed by atoms with Gasteiger partial charge in [0.1, 0.15) is 0 Å². The predicted molar refractivity (Wildman–Crippen MR) is 92.6 cm³/mol. The van der Waals surface area contributed by atoms with Crippen LogP contribution in [0.2, 0.25) is 0 Å². The predicted octanol–water partition coefficient (Wildman–Crippen LogP) is 0.562. The highest BCUT2D eigenvalue weighted by molar-refractivity contribution is 7.89. The second-order valence-corrected chi connectivity index (χ2v) is 7.54. The molecule has 1 aromatic carbocycles. The summed E-state index contributed by atoms with van der Waals surface area (Å²) < 4.78 is 31.5. The molecule has 1 aliphatic rings. The van der Waals surface area contributed by atoms with E-state index >= 15 is 0 Å². The standard InChI is InChI=1S/C16H23N3O5S/c1-2-3-8-17-15(20)16(21)18-13-4-6-14(7-5-13)25(22,23)19-9-11-24-12-10-19/h4-7H,2-3,8-12H2,1H3,(H,17,20)(H,18,21). The van der Waals surface area contributed by atoms with Gasteiger partial charge in [-0.25, -0.2) is 8.42 Å². The summed E-state index contributed by atoms with van der Waals surface area (Å²) in [6.45, 7) is 3.82. The van der Waals surface area contributed by atoms with Crippen LogP contribution in [0.25, 0.3) is 0 Å². The summed E-state index contributed by atoms with van der Waals surface area (Å²) >= 11 is 0. The third-order valence-electron chi connectivity index (χ3n) is 3.74. The van der Waals surface area contributed by atoms with Gasteiger partial charge in [0.2, 0.25) is 10.0 Å². The van der Waals surface area contributed by atoms with Crippen LogP contribution in [0.3, 0.4) is 0 Å². The van der Waals surface area contributed by atoms with Crippen LogP contribution in [0.1, 0.15) is 19.8 Å². The zero-order chi connectivity index (χ0) is 18.3. The van der Waals surface area contributed by atoms with E-state index in [0.717, 1.165) is 12.8 Å². The molecule has 0 unspecified atom stereocenters. The average molecular weight is 369 g/mol. The fourth-order valence-corrected chi connectivity index (χ4v) is 3.70. The molecule has 0 saturated carbocycles. The normalized spacial score (nSPS) is 15.6. The first-order valence-corrected chi connectivity index (χ1v) is 9.66. The Kier molecular flexibility index (Phi) is 6.91. The van der Waals surface area contributed by atoms with E-state index in [0.29, 0.717) is 38.5 Å². The number of morpholine rings is 1. The number of unbranched alkanes of at least 4 members (excludes halogenated alkanes) is 1. The molecule has 138 valence electrons. The molecule has 0 aromatic heterocycles. The molecule has 2 amide bonds. The van der Waals surface area contributed by atoms with Crippen molar-refractivity contribution in [3.05, 3.63) is 24.3 Å². The minimum Gasteiger partial charge on any atom is -0.379 e. The Hall–Kier alpha value is -1.97. The monoisotopic (exact) mass is 369 g/mol. The van der Waals surface area contributed by atoms with E-state index in [9.17, 15) is 18.0 Å². The molecule has 2 rings (SSSR count). The van der Waals surface area contributed by atoms with Gasteiger partial charge in [0.25, 0.3) is 0 Å². The fourth-order valence-electron chi connectivity index (χ4n) is 2.29. The summed E-state index contributed by atoms with van der Waals surface area (Å²) in [7, 11) is -3.58. The van der Waals surface area contributed by atoms with Crippen molar-refractivity contribution in [1.82, 2.24) is 9.62 Å². The van der Waals surface area contributed by atoms with Crippen LogP contribution in [0.15, 0.2) is 29.2 Å². The van der Waals surface area contributed by atoms with Gasteiger partial charge in [-0.2, -0.15) is 4.31 Å². The van der Waals surface area contributed by atoms with E-state index in [1.54, 1.807) is 0 Å². The van der Waals surface area contributed by atoms with Gasteiger partial charge in [-0.05, 0) is 30.7 Å². The Morgan fingerprint density at radius 3 is 2.36 bits per heavy atom. The summed E-state index contributed by atoms with van der Waals surface area (Å²) in [5, 5.41) is 4.96. The Bertz CT molecular complexity index is 697. The van der Waals surface area contributed by atoms with Gasteiger partial charge < -0.3 is 15.4 Å². The smallest absolute Gasteiger partial charge is 0.313 e. The molecule has 0 atom stereocenters. The van der Waals surface area contributed by atoms with Gasteiger partial charge in [-0.3, -0.25) is 9.59 Å². The summed E-state index contributed by atoms with van der Waals surface area (Å²) in [5.74, 6) is -1.49. The number of hydrogen-bond donors (Lipinski definition) is 2. The van der Waals surface area contributed by atoms with Gasteiger partial charge in [-0.1, -0.05) is 13.3 Å². The Morgan fingerprint density at radius 1 is 1.12 bits per heavy atom. The zero-order valence-electron chi connectivity index (χ0n) is 14.2. The number of sulfonamides is 1. The third-order valence-corrected chi connectivity index (χ3v) is 5.65. The van der Waals surface area contributed by atoms with Crippen molar-refractivity contribution in [3.8, 4) is 0 Å². The first kappa shape index (κ1) is 19.4. The lowest BCUT2D eigenvalue weighted by Gasteiger charge is -2.26. The van der Waals surface area contributed by atoms with E-state index in [1.165, 1.54) is 28.6 Å². The molecule has 2 N–H and O–H groups in total. The number of benzene rings is 1. The lowest BCUT2D eigenvalue weighted by molar-refractivity contribution is -0.136. The van der Waals surface area contributed by atoms with Gasteiger partial charge >= 0.3 is 11.8 Å². The summed E-state index contributed by atoms with van der Waals surface area (Å²) in [5.41, 5.74) is 0.358. The number of carbonyl (C=O) groups is 2. The van der Waals surface area contributed by atoms with Crippen molar-refractivity contribution >= 4 is 27.5 Å². The molecule has 0 aliphatic carbocycles. The number of hydrogen-bond acceptors (Lipinski definition) is 5. The topological polar surface area (TPSA) is 105 Å². The quantitative estimate of drug-likeness (QED) is 0.563. The maximum absolute atomic E-state index is 12.5. The lowest BCUT2D eigenvalue weighted by atomic mass is 10.3.